The van der Waals surface area contributed by atoms with Gasteiger partial charge in [-0.25, -0.2) is 0 Å². The monoisotopic (exact) mass is 283 g/mol. The Balaban J connectivity index is 3.18. The Labute approximate surface area is 124 Å². The first kappa shape index (κ1) is 19.1. The van der Waals surface area contributed by atoms with Crippen LogP contribution in [0.4, 0.5) is 0 Å². The molecule has 0 aromatic rings. The lowest BCUT2D eigenvalue weighted by atomic mass is 10.0. The van der Waals surface area contributed by atoms with Crippen molar-refractivity contribution in [2.24, 2.45) is 5.16 Å². The number of hydrogen-bond acceptors (Lipinski definition) is 3. The zero-order chi connectivity index (χ0) is 15.1. The summed E-state index contributed by atoms with van der Waals surface area (Å²) in [7, 11) is 0. The van der Waals surface area contributed by atoms with E-state index in [1.165, 1.54) is 57.8 Å². The zero-order valence-corrected chi connectivity index (χ0v) is 13.5. The zero-order valence-electron chi connectivity index (χ0n) is 13.5. The van der Waals surface area contributed by atoms with E-state index in [4.69, 9.17) is 5.21 Å². The Hall–Kier alpha value is -0.860. The molecule has 0 saturated carbocycles. The lowest BCUT2D eigenvalue weighted by Gasteiger charge is -2.02. The number of Topliss-reactive ketones (excluding diaryl/α,β-unsaturated/α-hetero) is 1. The average Bonchev–Trinajstić information content (AvgIpc) is 2.44. The molecule has 0 unspecified atom stereocenters. The first-order chi connectivity index (χ1) is 9.70. The highest BCUT2D eigenvalue weighted by Gasteiger charge is 2.04. The molecule has 0 rings (SSSR count). The number of ketones is 1. The van der Waals surface area contributed by atoms with E-state index in [1.54, 1.807) is 6.92 Å². The molecule has 0 heterocycles. The molecule has 0 aliphatic heterocycles. The quantitative estimate of drug-likeness (QED) is 0.198. The van der Waals surface area contributed by atoms with Gasteiger partial charge in [-0.05, 0) is 13.3 Å². The summed E-state index contributed by atoms with van der Waals surface area (Å²) in [5, 5.41) is 11.5. The number of hydrogen-bond donors (Lipinski definition) is 1. The van der Waals surface area contributed by atoms with Crippen LogP contribution in [0.1, 0.15) is 97.3 Å². The third-order valence-corrected chi connectivity index (χ3v) is 3.68. The van der Waals surface area contributed by atoms with E-state index in [0.717, 1.165) is 12.8 Å². The molecule has 0 spiro atoms. The first-order valence-corrected chi connectivity index (χ1v) is 8.40. The van der Waals surface area contributed by atoms with Crippen molar-refractivity contribution in [3.63, 3.8) is 0 Å². The average molecular weight is 283 g/mol. The third-order valence-electron chi connectivity index (χ3n) is 3.68. The van der Waals surface area contributed by atoms with Gasteiger partial charge in [0.2, 0.25) is 0 Å². The summed E-state index contributed by atoms with van der Waals surface area (Å²) in [6.45, 7) is 3.93. The van der Waals surface area contributed by atoms with E-state index in [9.17, 15) is 4.79 Å². The van der Waals surface area contributed by atoms with Crippen LogP contribution in [0.3, 0.4) is 0 Å². The molecule has 1 N–H and O–H groups in total. The van der Waals surface area contributed by atoms with Crippen molar-refractivity contribution in [3.8, 4) is 0 Å². The highest BCUT2D eigenvalue weighted by molar-refractivity contribution is 6.00. The maximum absolute atomic E-state index is 11.5. The van der Waals surface area contributed by atoms with Gasteiger partial charge in [0.25, 0.3) is 0 Å². The predicted octanol–water partition coefficient (Wildman–Crippen LogP) is 5.50. The summed E-state index contributed by atoms with van der Waals surface area (Å²) in [6, 6.07) is 0. The summed E-state index contributed by atoms with van der Waals surface area (Å²) in [5.74, 6) is 0.191. The van der Waals surface area contributed by atoms with Crippen LogP contribution < -0.4 is 0 Å². The van der Waals surface area contributed by atoms with Gasteiger partial charge in [-0.3, -0.25) is 4.79 Å². The first-order valence-electron chi connectivity index (χ1n) is 8.40. The van der Waals surface area contributed by atoms with E-state index >= 15 is 0 Å². The summed E-state index contributed by atoms with van der Waals surface area (Å²) >= 11 is 0. The van der Waals surface area contributed by atoms with Crippen LogP contribution in [0.25, 0.3) is 0 Å². The molecular weight excluding hydrogens is 250 g/mol. The fourth-order valence-corrected chi connectivity index (χ4v) is 2.40. The Morgan fingerprint density at radius 2 is 1.30 bits per heavy atom. The van der Waals surface area contributed by atoms with Crippen molar-refractivity contribution in [2.45, 2.75) is 97.3 Å². The molecule has 0 aromatic heterocycles. The number of unbranched alkanes of at least 4 members (excludes halogenated alkanes) is 10. The molecule has 118 valence electrons. The summed E-state index contributed by atoms with van der Waals surface area (Å²) < 4.78 is 0. The summed E-state index contributed by atoms with van der Waals surface area (Å²) in [4.78, 5) is 11.5. The highest BCUT2D eigenvalue weighted by Crippen LogP contribution is 2.12. The fraction of sp³-hybridized carbons (Fsp3) is 0.882. The second-order valence-corrected chi connectivity index (χ2v) is 5.84. The number of nitrogens with zero attached hydrogens (tertiary/aromatic N) is 1. The fourth-order valence-electron chi connectivity index (χ4n) is 2.40. The van der Waals surface area contributed by atoms with Crippen LogP contribution in [0.5, 0.6) is 0 Å². The van der Waals surface area contributed by atoms with Gasteiger partial charge in [0, 0.05) is 12.8 Å². The van der Waals surface area contributed by atoms with Crippen molar-refractivity contribution >= 4 is 11.5 Å². The van der Waals surface area contributed by atoms with Crippen LogP contribution in [-0.2, 0) is 4.79 Å². The minimum Gasteiger partial charge on any atom is -0.411 e. The second kappa shape index (κ2) is 14.5. The Bertz CT molecular complexity index is 262. The van der Waals surface area contributed by atoms with Crippen molar-refractivity contribution in [2.75, 3.05) is 0 Å². The van der Waals surface area contributed by atoms with Crippen LogP contribution in [0.2, 0.25) is 0 Å². The third kappa shape index (κ3) is 13.6. The van der Waals surface area contributed by atoms with Crippen LogP contribution in [0.15, 0.2) is 5.16 Å². The smallest absolute Gasteiger partial charge is 0.138 e. The maximum atomic E-state index is 11.5. The van der Waals surface area contributed by atoms with Crippen molar-refractivity contribution in [1.82, 2.24) is 0 Å². The Morgan fingerprint density at radius 1 is 0.850 bits per heavy atom. The van der Waals surface area contributed by atoms with Crippen molar-refractivity contribution < 1.29 is 10.0 Å². The molecule has 3 nitrogen and oxygen atoms in total. The molecule has 0 saturated heterocycles. The largest absolute Gasteiger partial charge is 0.411 e. The lowest BCUT2D eigenvalue weighted by molar-refractivity contribution is -0.118. The molecule has 0 atom stereocenters. The van der Waals surface area contributed by atoms with Crippen molar-refractivity contribution in [3.05, 3.63) is 0 Å². The van der Waals surface area contributed by atoms with Crippen molar-refractivity contribution in [1.29, 1.82) is 0 Å². The van der Waals surface area contributed by atoms with Gasteiger partial charge in [-0.15, -0.1) is 0 Å². The van der Waals surface area contributed by atoms with Gasteiger partial charge in [-0.2, -0.15) is 0 Å². The number of carbonyl (C=O) groups excluding carboxylic acids is 1. The van der Waals surface area contributed by atoms with E-state index in [1.807, 2.05) is 0 Å². The molecule has 0 aliphatic carbocycles. The predicted molar refractivity (Wildman–Crippen MR) is 85.6 cm³/mol. The molecule has 0 radical (unpaired) electrons. The SMILES string of the molecule is CCCCCCCCCCCCCC(=O)C/C(C)=N/O. The maximum Gasteiger partial charge on any atom is 0.138 e. The van der Waals surface area contributed by atoms with E-state index in [-0.39, 0.29) is 5.78 Å². The molecular formula is C17H33NO2. The number of rotatable bonds is 14. The molecule has 0 bridgehead atoms. The molecule has 0 amide bonds. The lowest BCUT2D eigenvalue weighted by Crippen LogP contribution is -2.04. The van der Waals surface area contributed by atoms with Gasteiger partial charge in [-0.1, -0.05) is 76.3 Å². The van der Waals surface area contributed by atoms with Gasteiger partial charge >= 0.3 is 0 Å². The summed E-state index contributed by atoms with van der Waals surface area (Å²) in [6.07, 6.45) is 15.2. The van der Waals surface area contributed by atoms with Crippen LogP contribution >= 0.6 is 0 Å². The normalized spacial score (nSPS) is 11.8. The van der Waals surface area contributed by atoms with Gasteiger partial charge in [0.1, 0.15) is 5.78 Å². The van der Waals surface area contributed by atoms with E-state index < -0.39 is 0 Å². The Kier molecular flexibility index (Phi) is 13.9. The minimum absolute atomic E-state index is 0.191. The van der Waals surface area contributed by atoms with E-state index in [2.05, 4.69) is 12.1 Å². The number of oxime groups is 1. The second-order valence-electron chi connectivity index (χ2n) is 5.84. The van der Waals surface area contributed by atoms with Crippen LogP contribution in [-0.4, -0.2) is 16.7 Å². The molecule has 3 heteroatoms. The highest BCUT2D eigenvalue weighted by atomic mass is 16.4. The van der Waals surface area contributed by atoms with Gasteiger partial charge in [0.05, 0.1) is 5.71 Å². The molecule has 20 heavy (non-hydrogen) atoms. The van der Waals surface area contributed by atoms with E-state index in [0.29, 0.717) is 18.6 Å². The summed E-state index contributed by atoms with van der Waals surface area (Å²) in [5.41, 5.74) is 0.512. The molecule has 0 fully saturated rings. The Morgan fingerprint density at radius 3 is 1.75 bits per heavy atom. The minimum atomic E-state index is 0.191. The molecule has 0 aromatic carbocycles. The van der Waals surface area contributed by atoms with Crippen LogP contribution in [0, 0.1) is 0 Å². The molecule has 0 aliphatic rings. The number of carbonyl (C=O) groups is 1. The topological polar surface area (TPSA) is 49.7 Å². The van der Waals surface area contributed by atoms with Gasteiger partial charge < -0.3 is 5.21 Å². The van der Waals surface area contributed by atoms with Gasteiger partial charge in [0.15, 0.2) is 0 Å². The standard InChI is InChI=1S/C17H33NO2/c1-3-4-5-6-7-8-9-10-11-12-13-14-17(19)15-16(2)18-20/h20H,3-15H2,1-2H3/b18-16+.